The molecule has 5 nitrogen and oxygen atoms in total. The number of benzene rings is 1. The van der Waals surface area contributed by atoms with Crippen LogP contribution in [0.3, 0.4) is 0 Å². The van der Waals surface area contributed by atoms with Gasteiger partial charge in [0.1, 0.15) is 11.6 Å². The van der Waals surface area contributed by atoms with E-state index in [1.807, 2.05) is 11.8 Å². The third-order valence-electron chi connectivity index (χ3n) is 5.61. The Kier molecular flexibility index (Phi) is 5.49. The van der Waals surface area contributed by atoms with E-state index in [9.17, 15) is 14.0 Å². The Labute approximate surface area is 154 Å². The zero-order valence-electron chi connectivity index (χ0n) is 15.6. The SMILES string of the molecule is CCCC(=O)N1CCC2(CCCN(Cc3cc(OC)ccc3F)C2=O)C1. The van der Waals surface area contributed by atoms with Crippen LogP contribution in [0.5, 0.6) is 5.75 Å². The summed E-state index contributed by atoms with van der Waals surface area (Å²) in [6, 6.07) is 4.60. The van der Waals surface area contributed by atoms with Crippen LogP contribution in [0.2, 0.25) is 0 Å². The molecule has 2 amide bonds. The molecule has 1 aromatic rings. The zero-order valence-corrected chi connectivity index (χ0v) is 15.6. The summed E-state index contributed by atoms with van der Waals surface area (Å²) < 4.78 is 19.3. The molecule has 6 heteroatoms. The predicted octanol–water partition coefficient (Wildman–Crippen LogP) is 2.98. The van der Waals surface area contributed by atoms with Crippen molar-refractivity contribution in [3.05, 3.63) is 29.6 Å². The van der Waals surface area contributed by atoms with Gasteiger partial charge in [-0.1, -0.05) is 6.92 Å². The second-order valence-electron chi connectivity index (χ2n) is 7.38. The number of ether oxygens (including phenoxy) is 1. The van der Waals surface area contributed by atoms with Crippen molar-refractivity contribution < 1.29 is 18.7 Å². The highest BCUT2D eigenvalue weighted by Crippen LogP contribution is 2.41. The van der Waals surface area contributed by atoms with Gasteiger partial charge in [-0.2, -0.15) is 0 Å². The van der Waals surface area contributed by atoms with E-state index in [1.54, 1.807) is 24.1 Å². The number of methoxy groups -OCH3 is 1. The van der Waals surface area contributed by atoms with E-state index in [4.69, 9.17) is 4.74 Å². The van der Waals surface area contributed by atoms with E-state index >= 15 is 0 Å². The number of halogens is 1. The van der Waals surface area contributed by atoms with Gasteiger partial charge in [-0.15, -0.1) is 0 Å². The second-order valence-corrected chi connectivity index (χ2v) is 7.38. The molecule has 2 aliphatic rings. The second kappa shape index (κ2) is 7.64. The van der Waals surface area contributed by atoms with Crippen molar-refractivity contribution in [1.29, 1.82) is 0 Å². The van der Waals surface area contributed by atoms with Crippen molar-refractivity contribution in [3.8, 4) is 5.75 Å². The van der Waals surface area contributed by atoms with Crippen LogP contribution in [-0.4, -0.2) is 48.4 Å². The number of carbonyl (C=O) groups excluding carboxylic acids is 2. The van der Waals surface area contributed by atoms with Crippen molar-refractivity contribution in [1.82, 2.24) is 9.80 Å². The molecule has 0 saturated carbocycles. The monoisotopic (exact) mass is 362 g/mol. The van der Waals surface area contributed by atoms with Gasteiger partial charge in [0.25, 0.3) is 0 Å². The molecule has 1 unspecified atom stereocenters. The van der Waals surface area contributed by atoms with Crippen molar-refractivity contribution >= 4 is 11.8 Å². The third-order valence-corrected chi connectivity index (χ3v) is 5.61. The Morgan fingerprint density at radius 2 is 2.12 bits per heavy atom. The minimum Gasteiger partial charge on any atom is -0.497 e. The quantitative estimate of drug-likeness (QED) is 0.809. The summed E-state index contributed by atoms with van der Waals surface area (Å²) in [7, 11) is 1.54. The van der Waals surface area contributed by atoms with Crippen molar-refractivity contribution in [2.75, 3.05) is 26.7 Å². The van der Waals surface area contributed by atoms with Crippen LogP contribution >= 0.6 is 0 Å². The fourth-order valence-corrected chi connectivity index (χ4v) is 4.14. The molecule has 2 heterocycles. The molecule has 0 bridgehead atoms. The number of piperidine rings is 1. The first kappa shape index (κ1) is 18.7. The maximum Gasteiger partial charge on any atom is 0.230 e. The Balaban J connectivity index is 1.73. The lowest BCUT2D eigenvalue weighted by Crippen LogP contribution is -2.50. The van der Waals surface area contributed by atoms with E-state index < -0.39 is 5.41 Å². The first-order valence-electron chi connectivity index (χ1n) is 9.38. The van der Waals surface area contributed by atoms with Crippen molar-refractivity contribution in [3.63, 3.8) is 0 Å². The molecule has 1 aromatic carbocycles. The molecule has 0 radical (unpaired) electrons. The average Bonchev–Trinajstić information content (AvgIpc) is 3.06. The van der Waals surface area contributed by atoms with Crippen molar-refractivity contribution in [2.45, 2.75) is 45.6 Å². The number of hydrogen-bond donors (Lipinski definition) is 0. The number of hydrogen-bond acceptors (Lipinski definition) is 3. The molecule has 142 valence electrons. The summed E-state index contributed by atoms with van der Waals surface area (Å²) >= 11 is 0. The van der Waals surface area contributed by atoms with Gasteiger partial charge >= 0.3 is 0 Å². The minimum atomic E-state index is -0.489. The molecule has 2 saturated heterocycles. The fraction of sp³-hybridized carbons (Fsp3) is 0.600. The molecule has 0 aliphatic carbocycles. The van der Waals surface area contributed by atoms with E-state index in [0.717, 1.165) is 19.3 Å². The number of likely N-dealkylation sites (tertiary alicyclic amines) is 2. The number of amides is 2. The molecule has 0 aromatic heterocycles. The third kappa shape index (κ3) is 3.55. The average molecular weight is 362 g/mol. The van der Waals surface area contributed by atoms with Gasteiger partial charge in [0.15, 0.2) is 0 Å². The highest BCUT2D eigenvalue weighted by Gasteiger charge is 2.49. The number of carbonyl (C=O) groups is 2. The van der Waals surface area contributed by atoms with E-state index in [0.29, 0.717) is 43.8 Å². The van der Waals surface area contributed by atoms with Crippen LogP contribution in [-0.2, 0) is 16.1 Å². The maximum absolute atomic E-state index is 14.2. The predicted molar refractivity (Wildman–Crippen MR) is 96.1 cm³/mol. The summed E-state index contributed by atoms with van der Waals surface area (Å²) in [5.41, 5.74) is -0.0246. The Bertz CT molecular complexity index is 694. The molecule has 0 N–H and O–H groups in total. The molecule has 1 spiro atoms. The van der Waals surface area contributed by atoms with Gasteiger partial charge in [0.05, 0.1) is 12.5 Å². The van der Waals surface area contributed by atoms with Gasteiger partial charge in [0, 0.05) is 38.2 Å². The van der Waals surface area contributed by atoms with Gasteiger partial charge in [-0.05, 0) is 43.9 Å². The number of nitrogens with zero attached hydrogens (tertiary/aromatic N) is 2. The highest BCUT2D eigenvalue weighted by molar-refractivity contribution is 5.86. The van der Waals surface area contributed by atoms with Crippen molar-refractivity contribution in [2.24, 2.45) is 5.41 Å². The standard InChI is InChI=1S/C20H27FN2O3/c1-3-5-18(24)23-11-9-20(14-23)8-4-10-22(19(20)25)13-15-12-16(26-2)6-7-17(15)21/h6-7,12H,3-5,8-11,13-14H2,1-2H3. The van der Waals surface area contributed by atoms with Crippen LogP contribution in [0, 0.1) is 11.2 Å². The fourth-order valence-electron chi connectivity index (χ4n) is 4.14. The summed E-state index contributed by atoms with van der Waals surface area (Å²) in [5.74, 6) is 0.438. The van der Waals surface area contributed by atoms with Gasteiger partial charge < -0.3 is 14.5 Å². The highest BCUT2D eigenvalue weighted by atomic mass is 19.1. The first-order valence-corrected chi connectivity index (χ1v) is 9.38. The van der Waals surface area contributed by atoms with Crippen LogP contribution in [0.1, 0.15) is 44.6 Å². The Morgan fingerprint density at radius 1 is 1.31 bits per heavy atom. The lowest BCUT2D eigenvalue weighted by atomic mass is 9.78. The molecule has 2 aliphatic heterocycles. The topological polar surface area (TPSA) is 49.9 Å². The molecular weight excluding hydrogens is 335 g/mol. The minimum absolute atomic E-state index is 0.0535. The van der Waals surface area contributed by atoms with Crippen LogP contribution in [0.25, 0.3) is 0 Å². The molecule has 26 heavy (non-hydrogen) atoms. The largest absolute Gasteiger partial charge is 0.497 e. The zero-order chi connectivity index (χ0) is 18.7. The molecule has 2 fully saturated rings. The summed E-state index contributed by atoms with van der Waals surface area (Å²) in [6.45, 7) is 4.00. The maximum atomic E-state index is 14.2. The van der Waals surface area contributed by atoms with Crippen LogP contribution in [0.4, 0.5) is 4.39 Å². The van der Waals surface area contributed by atoms with Crippen LogP contribution in [0.15, 0.2) is 18.2 Å². The van der Waals surface area contributed by atoms with Crippen LogP contribution < -0.4 is 4.74 Å². The van der Waals surface area contributed by atoms with Gasteiger partial charge in [0.2, 0.25) is 11.8 Å². The van der Waals surface area contributed by atoms with E-state index in [1.165, 1.54) is 6.07 Å². The summed E-state index contributed by atoms with van der Waals surface area (Å²) in [6.07, 6.45) is 3.74. The lowest BCUT2D eigenvalue weighted by molar-refractivity contribution is -0.146. The molecular formula is C20H27FN2O3. The molecule has 3 rings (SSSR count). The lowest BCUT2D eigenvalue weighted by Gasteiger charge is -2.39. The van der Waals surface area contributed by atoms with Gasteiger partial charge in [-0.3, -0.25) is 9.59 Å². The Hall–Kier alpha value is -2.11. The summed E-state index contributed by atoms with van der Waals surface area (Å²) in [4.78, 5) is 29.0. The number of rotatable bonds is 5. The smallest absolute Gasteiger partial charge is 0.230 e. The Morgan fingerprint density at radius 3 is 2.85 bits per heavy atom. The normalized spacial score (nSPS) is 23.0. The van der Waals surface area contributed by atoms with E-state index in [-0.39, 0.29) is 24.2 Å². The molecule has 1 atom stereocenters. The first-order chi connectivity index (χ1) is 12.5. The summed E-state index contributed by atoms with van der Waals surface area (Å²) in [5, 5.41) is 0. The van der Waals surface area contributed by atoms with Gasteiger partial charge in [-0.25, -0.2) is 4.39 Å². The van der Waals surface area contributed by atoms with E-state index in [2.05, 4.69) is 0 Å².